The molecule has 1 saturated heterocycles. The van der Waals surface area contributed by atoms with Crippen LogP contribution in [0.15, 0.2) is 23.3 Å². The van der Waals surface area contributed by atoms with Crippen molar-refractivity contribution in [2.45, 2.75) is 19.4 Å². The maximum absolute atomic E-state index is 12.0. The van der Waals surface area contributed by atoms with Crippen molar-refractivity contribution in [3.63, 3.8) is 0 Å². The SMILES string of the molecule is COCCn1c(=O)ccc2c(N3CCCC3)ncnc21. The second-order valence-corrected chi connectivity index (χ2v) is 4.94. The van der Waals surface area contributed by atoms with E-state index in [2.05, 4.69) is 14.9 Å². The Kier molecular flexibility index (Phi) is 3.64. The molecular weight excluding hydrogens is 256 g/mol. The fourth-order valence-electron chi connectivity index (χ4n) is 2.67. The van der Waals surface area contributed by atoms with E-state index < -0.39 is 0 Å². The highest BCUT2D eigenvalue weighted by Crippen LogP contribution is 2.24. The van der Waals surface area contributed by atoms with E-state index in [1.165, 1.54) is 12.8 Å². The van der Waals surface area contributed by atoms with E-state index in [-0.39, 0.29) is 5.56 Å². The van der Waals surface area contributed by atoms with Crippen molar-refractivity contribution < 1.29 is 4.74 Å². The van der Waals surface area contributed by atoms with Gasteiger partial charge in [0, 0.05) is 26.3 Å². The van der Waals surface area contributed by atoms with Gasteiger partial charge in [-0.3, -0.25) is 9.36 Å². The van der Waals surface area contributed by atoms with Crippen LogP contribution in [0.1, 0.15) is 12.8 Å². The van der Waals surface area contributed by atoms with Crippen molar-refractivity contribution in [3.8, 4) is 0 Å². The number of hydrogen-bond donors (Lipinski definition) is 0. The molecule has 1 aliphatic rings. The lowest BCUT2D eigenvalue weighted by Crippen LogP contribution is -2.24. The molecule has 0 radical (unpaired) electrons. The average Bonchev–Trinajstić information content (AvgIpc) is 2.99. The molecular formula is C14H18N4O2. The minimum absolute atomic E-state index is 0.0550. The van der Waals surface area contributed by atoms with Crippen LogP contribution in [-0.4, -0.2) is 41.3 Å². The Morgan fingerprint density at radius 1 is 1.25 bits per heavy atom. The maximum atomic E-state index is 12.0. The molecule has 20 heavy (non-hydrogen) atoms. The highest BCUT2D eigenvalue weighted by Gasteiger charge is 2.17. The average molecular weight is 274 g/mol. The van der Waals surface area contributed by atoms with E-state index >= 15 is 0 Å². The van der Waals surface area contributed by atoms with Crippen molar-refractivity contribution in [2.24, 2.45) is 0 Å². The predicted octanol–water partition coefficient (Wildman–Crippen LogP) is 1.04. The first-order chi connectivity index (χ1) is 9.81. The van der Waals surface area contributed by atoms with Crippen LogP contribution >= 0.6 is 0 Å². The van der Waals surface area contributed by atoms with Crippen LogP contribution in [0, 0.1) is 0 Å². The molecule has 3 heterocycles. The number of hydrogen-bond acceptors (Lipinski definition) is 5. The van der Waals surface area contributed by atoms with Gasteiger partial charge in [0.25, 0.3) is 5.56 Å². The fourth-order valence-corrected chi connectivity index (χ4v) is 2.67. The monoisotopic (exact) mass is 274 g/mol. The molecule has 0 spiro atoms. The lowest BCUT2D eigenvalue weighted by atomic mass is 10.3. The number of ether oxygens (including phenoxy) is 1. The molecule has 6 nitrogen and oxygen atoms in total. The first-order valence-electron chi connectivity index (χ1n) is 6.89. The zero-order chi connectivity index (χ0) is 13.9. The van der Waals surface area contributed by atoms with Crippen LogP contribution in [-0.2, 0) is 11.3 Å². The summed E-state index contributed by atoms with van der Waals surface area (Å²) < 4.78 is 6.72. The lowest BCUT2D eigenvalue weighted by molar-refractivity contribution is 0.187. The number of nitrogens with zero attached hydrogens (tertiary/aromatic N) is 4. The van der Waals surface area contributed by atoms with E-state index in [1.54, 1.807) is 24.1 Å². The van der Waals surface area contributed by atoms with Gasteiger partial charge in [0.1, 0.15) is 17.8 Å². The summed E-state index contributed by atoms with van der Waals surface area (Å²) in [5.74, 6) is 0.929. The van der Waals surface area contributed by atoms with Gasteiger partial charge in [-0.15, -0.1) is 0 Å². The molecule has 0 atom stereocenters. The van der Waals surface area contributed by atoms with E-state index in [0.29, 0.717) is 18.8 Å². The zero-order valence-corrected chi connectivity index (χ0v) is 11.6. The molecule has 6 heteroatoms. The molecule has 1 fully saturated rings. The van der Waals surface area contributed by atoms with Crippen LogP contribution in [0.3, 0.4) is 0 Å². The number of pyridine rings is 1. The standard InChI is InChI=1S/C14H18N4O2/c1-20-9-8-18-12(19)5-4-11-13(15-10-16-14(11)18)17-6-2-3-7-17/h4-5,10H,2-3,6-9H2,1H3. The normalized spacial score (nSPS) is 15.2. The Morgan fingerprint density at radius 3 is 2.80 bits per heavy atom. The molecule has 2 aromatic rings. The van der Waals surface area contributed by atoms with Gasteiger partial charge in [0.15, 0.2) is 0 Å². The maximum Gasteiger partial charge on any atom is 0.252 e. The van der Waals surface area contributed by atoms with Gasteiger partial charge in [-0.05, 0) is 18.9 Å². The van der Waals surface area contributed by atoms with Crippen molar-refractivity contribution in [3.05, 3.63) is 28.8 Å². The van der Waals surface area contributed by atoms with Crippen LogP contribution < -0.4 is 10.5 Å². The molecule has 0 aliphatic carbocycles. The Hall–Kier alpha value is -1.95. The minimum atomic E-state index is -0.0550. The first kappa shape index (κ1) is 13.1. The molecule has 0 N–H and O–H groups in total. The molecule has 0 amide bonds. The predicted molar refractivity (Wildman–Crippen MR) is 77.1 cm³/mol. The smallest absolute Gasteiger partial charge is 0.252 e. The largest absolute Gasteiger partial charge is 0.383 e. The number of fused-ring (bicyclic) bond motifs is 1. The third kappa shape index (κ3) is 2.27. The number of methoxy groups -OCH3 is 1. The van der Waals surface area contributed by atoms with Gasteiger partial charge in [-0.25, -0.2) is 9.97 Å². The first-order valence-corrected chi connectivity index (χ1v) is 6.89. The third-order valence-corrected chi connectivity index (χ3v) is 3.68. The highest BCUT2D eigenvalue weighted by atomic mass is 16.5. The van der Waals surface area contributed by atoms with E-state index in [4.69, 9.17) is 4.74 Å². The summed E-state index contributed by atoms with van der Waals surface area (Å²) in [4.78, 5) is 23.0. The summed E-state index contributed by atoms with van der Waals surface area (Å²) in [6.45, 7) is 3.03. The summed E-state index contributed by atoms with van der Waals surface area (Å²) in [5.41, 5.74) is 0.632. The van der Waals surface area contributed by atoms with E-state index in [0.717, 1.165) is 24.3 Å². The summed E-state index contributed by atoms with van der Waals surface area (Å²) in [7, 11) is 1.63. The molecule has 0 aromatic carbocycles. The van der Waals surface area contributed by atoms with Gasteiger partial charge in [-0.2, -0.15) is 0 Å². The Bertz CT molecular complexity index is 662. The molecule has 3 rings (SSSR count). The minimum Gasteiger partial charge on any atom is -0.383 e. The topological polar surface area (TPSA) is 60.2 Å². The molecule has 0 saturated carbocycles. The second kappa shape index (κ2) is 5.58. The van der Waals surface area contributed by atoms with Crippen molar-refractivity contribution in [1.82, 2.24) is 14.5 Å². The number of anilines is 1. The van der Waals surface area contributed by atoms with Crippen LogP contribution in [0.4, 0.5) is 5.82 Å². The summed E-state index contributed by atoms with van der Waals surface area (Å²) in [5, 5.41) is 0.935. The second-order valence-electron chi connectivity index (χ2n) is 4.94. The quantitative estimate of drug-likeness (QED) is 0.833. The van der Waals surface area contributed by atoms with Crippen LogP contribution in [0.5, 0.6) is 0 Å². The third-order valence-electron chi connectivity index (χ3n) is 3.68. The Labute approximate surface area is 117 Å². The van der Waals surface area contributed by atoms with Crippen LogP contribution in [0.25, 0.3) is 11.0 Å². The molecule has 106 valence electrons. The molecule has 1 aliphatic heterocycles. The summed E-state index contributed by atoms with van der Waals surface area (Å²) >= 11 is 0. The summed E-state index contributed by atoms with van der Waals surface area (Å²) in [6.07, 6.45) is 3.92. The highest BCUT2D eigenvalue weighted by molar-refractivity contribution is 5.87. The summed E-state index contributed by atoms with van der Waals surface area (Å²) in [6, 6.07) is 3.41. The Morgan fingerprint density at radius 2 is 2.05 bits per heavy atom. The van der Waals surface area contributed by atoms with Crippen LogP contribution in [0.2, 0.25) is 0 Å². The van der Waals surface area contributed by atoms with Crippen molar-refractivity contribution in [1.29, 1.82) is 0 Å². The number of aromatic nitrogens is 3. The van der Waals surface area contributed by atoms with Gasteiger partial charge in [0.05, 0.1) is 18.5 Å². The zero-order valence-electron chi connectivity index (χ0n) is 11.6. The Balaban J connectivity index is 2.12. The number of rotatable bonds is 4. The van der Waals surface area contributed by atoms with E-state index in [1.807, 2.05) is 6.07 Å². The van der Waals surface area contributed by atoms with Gasteiger partial charge in [0.2, 0.25) is 0 Å². The van der Waals surface area contributed by atoms with Crippen molar-refractivity contribution in [2.75, 3.05) is 31.7 Å². The van der Waals surface area contributed by atoms with Gasteiger partial charge < -0.3 is 9.64 Å². The van der Waals surface area contributed by atoms with Gasteiger partial charge in [-0.1, -0.05) is 0 Å². The molecule has 0 unspecified atom stereocenters. The van der Waals surface area contributed by atoms with E-state index in [9.17, 15) is 4.79 Å². The molecule has 2 aromatic heterocycles. The molecule has 0 bridgehead atoms. The lowest BCUT2D eigenvalue weighted by Gasteiger charge is -2.18. The van der Waals surface area contributed by atoms with Gasteiger partial charge >= 0.3 is 0 Å². The van der Waals surface area contributed by atoms with Crippen molar-refractivity contribution >= 4 is 16.9 Å². The fraction of sp³-hybridized carbons (Fsp3) is 0.500.